The summed E-state index contributed by atoms with van der Waals surface area (Å²) in [6.45, 7) is 0. The Kier molecular flexibility index (Phi) is 2.39. The Bertz CT molecular complexity index is 369. The molecule has 0 bridgehead atoms. The second-order valence-electron chi connectivity index (χ2n) is 4.04. The number of nitrogens with one attached hydrogen (secondary N) is 1. The van der Waals surface area contributed by atoms with Crippen molar-refractivity contribution in [3.8, 4) is 0 Å². The molecule has 1 saturated carbocycles. The van der Waals surface area contributed by atoms with Crippen LogP contribution in [-0.2, 0) is 11.8 Å². The fraction of sp³-hybridized carbons (Fsp3) is 0.750. The van der Waals surface area contributed by atoms with Crippen molar-refractivity contribution in [1.29, 1.82) is 0 Å². The zero-order valence-corrected chi connectivity index (χ0v) is 8.60. The van der Waals surface area contributed by atoms with Crippen LogP contribution in [-0.4, -0.2) is 31.7 Å². The third-order valence-electron chi connectivity index (χ3n) is 2.62. The summed E-state index contributed by atoms with van der Waals surface area (Å²) in [5.74, 6) is 0.0793. The molecule has 2 rings (SSSR count). The van der Waals surface area contributed by atoms with Crippen molar-refractivity contribution >= 4 is 11.9 Å². The van der Waals surface area contributed by atoms with Crippen molar-refractivity contribution < 1.29 is 4.79 Å². The molecule has 0 spiro atoms. The quantitative estimate of drug-likeness (QED) is 0.695. The molecule has 1 aliphatic rings. The summed E-state index contributed by atoms with van der Waals surface area (Å²) in [7, 11) is 1.64. The minimum absolute atomic E-state index is 0.148. The van der Waals surface area contributed by atoms with Crippen molar-refractivity contribution in [3.63, 3.8) is 0 Å². The molecule has 1 aromatic rings. The van der Waals surface area contributed by atoms with Crippen LogP contribution in [0, 0.1) is 0 Å². The van der Waals surface area contributed by atoms with Crippen molar-refractivity contribution in [3.05, 3.63) is 0 Å². The molecular weight excluding hydrogens is 196 g/mol. The van der Waals surface area contributed by atoms with Gasteiger partial charge in [0.1, 0.15) is 0 Å². The first-order chi connectivity index (χ1) is 7.07. The van der Waals surface area contributed by atoms with Crippen molar-refractivity contribution in [2.24, 2.45) is 12.8 Å². The van der Waals surface area contributed by atoms with Gasteiger partial charge in [-0.25, -0.2) is 0 Å². The number of carbonyl (C=O) groups is 1. The molecule has 0 radical (unpaired) electrons. The summed E-state index contributed by atoms with van der Waals surface area (Å²) in [4.78, 5) is 12.8. The van der Waals surface area contributed by atoms with E-state index in [2.05, 4.69) is 20.7 Å². The van der Waals surface area contributed by atoms with Crippen LogP contribution in [0.2, 0.25) is 0 Å². The lowest BCUT2D eigenvalue weighted by Crippen LogP contribution is -2.49. The largest absolute Gasteiger partial charge is 0.325 e. The first-order valence-electron chi connectivity index (χ1n) is 4.90. The average Bonchev–Trinajstić information content (AvgIpc) is 2.48. The highest BCUT2D eigenvalue weighted by atomic mass is 16.1. The van der Waals surface area contributed by atoms with Crippen LogP contribution in [0.3, 0.4) is 0 Å². The maximum Gasteiger partial charge on any atom is 0.270 e. The molecule has 0 aliphatic heterocycles. The van der Waals surface area contributed by atoms with E-state index in [1.807, 2.05) is 0 Å². The molecule has 1 aliphatic carbocycles. The number of hydrogen-bond donors (Lipinski definition) is 2. The summed E-state index contributed by atoms with van der Waals surface area (Å²) in [6.07, 6.45) is 3.25. The summed E-state index contributed by atoms with van der Waals surface area (Å²) in [5.41, 5.74) is 5.63. The number of carbonyl (C=O) groups excluding carboxylic acids is 1. The molecule has 82 valence electrons. The van der Waals surface area contributed by atoms with E-state index >= 15 is 0 Å². The highest BCUT2D eigenvalue weighted by Gasteiger charge is 2.34. The van der Waals surface area contributed by atoms with Gasteiger partial charge in [0.25, 0.3) is 5.95 Å². The number of tetrazole rings is 1. The lowest BCUT2D eigenvalue weighted by Gasteiger charge is -2.37. The molecule has 1 amide bonds. The maximum atomic E-state index is 11.5. The van der Waals surface area contributed by atoms with E-state index in [-0.39, 0.29) is 17.4 Å². The number of aromatic nitrogens is 4. The fourth-order valence-electron chi connectivity index (χ4n) is 1.63. The van der Waals surface area contributed by atoms with Crippen LogP contribution < -0.4 is 11.1 Å². The molecule has 0 atom stereocenters. The van der Waals surface area contributed by atoms with E-state index in [0.717, 1.165) is 19.3 Å². The van der Waals surface area contributed by atoms with Crippen LogP contribution in [0.15, 0.2) is 0 Å². The number of rotatable bonds is 3. The number of aryl methyl sites for hydroxylation is 1. The summed E-state index contributed by atoms with van der Waals surface area (Å²) in [6, 6.07) is 0. The smallest absolute Gasteiger partial charge is 0.270 e. The summed E-state index contributed by atoms with van der Waals surface area (Å²) in [5, 5.41) is 13.7. The lowest BCUT2D eigenvalue weighted by atomic mass is 9.75. The number of amides is 1. The standard InChI is InChI=1S/C8H14N6O/c1-14-12-7(11-13-14)10-6(15)5-8(9)3-2-4-8/h2-5,9H2,1H3,(H,10,12,15). The van der Waals surface area contributed by atoms with Gasteiger partial charge in [0.2, 0.25) is 5.91 Å². The summed E-state index contributed by atoms with van der Waals surface area (Å²) < 4.78 is 0. The predicted molar refractivity (Wildman–Crippen MR) is 52.8 cm³/mol. The Morgan fingerprint density at radius 1 is 1.67 bits per heavy atom. The van der Waals surface area contributed by atoms with Gasteiger partial charge in [0.15, 0.2) is 0 Å². The fourth-order valence-corrected chi connectivity index (χ4v) is 1.63. The van der Waals surface area contributed by atoms with Gasteiger partial charge >= 0.3 is 0 Å². The highest BCUT2D eigenvalue weighted by Crippen LogP contribution is 2.32. The van der Waals surface area contributed by atoms with E-state index in [1.54, 1.807) is 7.05 Å². The molecule has 3 N–H and O–H groups in total. The molecule has 1 heterocycles. The second-order valence-corrected chi connectivity index (χ2v) is 4.04. The van der Waals surface area contributed by atoms with Gasteiger partial charge in [0.05, 0.1) is 7.05 Å². The molecule has 0 unspecified atom stereocenters. The predicted octanol–water partition coefficient (Wildman–Crippen LogP) is -0.580. The first kappa shape index (κ1) is 10.0. The van der Waals surface area contributed by atoms with Crippen molar-refractivity contribution in [2.75, 3.05) is 5.32 Å². The lowest BCUT2D eigenvalue weighted by molar-refractivity contribution is -0.118. The number of nitrogens with two attached hydrogens (primary N) is 1. The molecule has 0 saturated heterocycles. The molecule has 1 fully saturated rings. The van der Waals surface area contributed by atoms with Crippen LogP contribution >= 0.6 is 0 Å². The number of anilines is 1. The second kappa shape index (κ2) is 3.58. The van der Waals surface area contributed by atoms with Crippen LogP contribution in [0.4, 0.5) is 5.95 Å². The minimum Gasteiger partial charge on any atom is -0.325 e. The van der Waals surface area contributed by atoms with Gasteiger partial charge in [-0.1, -0.05) is 5.10 Å². The monoisotopic (exact) mass is 210 g/mol. The van der Waals surface area contributed by atoms with E-state index in [9.17, 15) is 4.79 Å². The third-order valence-corrected chi connectivity index (χ3v) is 2.62. The van der Waals surface area contributed by atoms with Crippen LogP contribution in [0.1, 0.15) is 25.7 Å². The number of hydrogen-bond acceptors (Lipinski definition) is 5. The molecular formula is C8H14N6O. The normalized spacial score (nSPS) is 18.3. The van der Waals surface area contributed by atoms with E-state index in [1.165, 1.54) is 4.80 Å². The van der Waals surface area contributed by atoms with E-state index in [0.29, 0.717) is 6.42 Å². The SMILES string of the molecule is Cn1nnc(NC(=O)CC2(N)CCC2)n1. The Morgan fingerprint density at radius 2 is 2.40 bits per heavy atom. The Morgan fingerprint density at radius 3 is 2.87 bits per heavy atom. The van der Waals surface area contributed by atoms with Crippen molar-refractivity contribution in [2.45, 2.75) is 31.2 Å². The van der Waals surface area contributed by atoms with Gasteiger partial charge in [-0.2, -0.15) is 4.80 Å². The molecule has 15 heavy (non-hydrogen) atoms. The van der Waals surface area contributed by atoms with Gasteiger partial charge in [0, 0.05) is 12.0 Å². The van der Waals surface area contributed by atoms with Crippen LogP contribution in [0.25, 0.3) is 0 Å². The van der Waals surface area contributed by atoms with Crippen molar-refractivity contribution in [1.82, 2.24) is 20.2 Å². The first-order valence-corrected chi connectivity index (χ1v) is 4.90. The number of nitrogens with zero attached hydrogens (tertiary/aromatic N) is 4. The van der Waals surface area contributed by atoms with Gasteiger partial charge in [-0.05, 0) is 24.5 Å². The minimum atomic E-state index is -0.313. The van der Waals surface area contributed by atoms with Gasteiger partial charge in [-0.3, -0.25) is 10.1 Å². The van der Waals surface area contributed by atoms with E-state index in [4.69, 9.17) is 5.73 Å². The zero-order chi connectivity index (χ0) is 10.9. The molecule has 0 aromatic carbocycles. The Labute approximate surface area is 87.0 Å². The summed E-state index contributed by atoms with van der Waals surface area (Å²) >= 11 is 0. The molecule has 7 heteroatoms. The van der Waals surface area contributed by atoms with Gasteiger partial charge < -0.3 is 5.73 Å². The highest BCUT2D eigenvalue weighted by molar-refractivity contribution is 5.89. The molecule has 1 aromatic heterocycles. The topological polar surface area (TPSA) is 98.7 Å². The molecule has 7 nitrogen and oxygen atoms in total. The van der Waals surface area contributed by atoms with Gasteiger partial charge in [-0.15, -0.1) is 5.10 Å². The Balaban J connectivity index is 1.87. The maximum absolute atomic E-state index is 11.5. The average molecular weight is 210 g/mol. The zero-order valence-electron chi connectivity index (χ0n) is 8.60. The van der Waals surface area contributed by atoms with Crippen LogP contribution in [0.5, 0.6) is 0 Å². The Hall–Kier alpha value is -1.50. The van der Waals surface area contributed by atoms with E-state index < -0.39 is 0 Å². The third kappa shape index (κ3) is 2.30.